The van der Waals surface area contributed by atoms with Crippen LogP contribution < -0.4 is 0 Å². The molecule has 2 heterocycles. The molecule has 2 nitrogen and oxygen atoms in total. The predicted octanol–water partition coefficient (Wildman–Crippen LogP) is 3.76. The van der Waals surface area contributed by atoms with Crippen molar-refractivity contribution in [3.8, 4) is 0 Å². The molecule has 0 amide bonds. The van der Waals surface area contributed by atoms with Crippen LogP contribution in [-0.4, -0.2) is 9.38 Å². The molecular weight excluding hydrogens is 196 g/mol. The van der Waals surface area contributed by atoms with Gasteiger partial charge < -0.3 is 4.40 Å². The maximum absolute atomic E-state index is 4.82. The van der Waals surface area contributed by atoms with E-state index in [1.54, 1.807) is 0 Å². The van der Waals surface area contributed by atoms with Gasteiger partial charge in [0.1, 0.15) is 5.82 Å². The van der Waals surface area contributed by atoms with Gasteiger partial charge in [0.2, 0.25) is 0 Å². The third kappa shape index (κ3) is 1.73. The fourth-order valence-corrected chi connectivity index (χ4v) is 2.02. The van der Waals surface area contributed by atoms with Gasteiger partial charge >= 0.3 is 0 Å². The number of imidazole rings is 1. The Hall–Kier alpha value is -1.31. The predicted molar refractivity (Wildman–Crippen MR) is 68.0 cm³/mol. The second kappa shape index (κ2) is 3.62. The quantitative estimate of drug-likeness (QED) is 0.709. The largest absolute Gasteiger partial charge is 0.303 e. The van der Waals surface area contributed by atoms with E-state index in [0.29, 0.717) is 5.92 Å². The molecule has 2 heteroatoms. The van der Waals surface area contributed by atoms with Gasteiger partial charge in [0, 0.05) is 11.6 Å². The molecule has 0 spiro atoms. The zero-order valence-electron chi connectivity index (χ0n) is 10.8. The zero-order chi connectivity index (χ0) is 11.9. The van der Waals surface area contributed by atoms with Crippen LogP contribution in [0.2, 0.25) is 0 Å². The van der Waals surface area contributed by atoms with Gasteiger partial charge in [-0.05, 0) is 18.1 Å². The summed E-state index contributed by atoms with van der Waals surface area (Å²) in [4.78, 5) is 4.82. The first kappa shape index (κ1) is 11.2. The van der Waals surface area contributed by atoms with Crippen molar-refractivity contribution >= 4 is 5.52 Å². The number of hydrogen-bond donors (Lipinski definition) is 0. The number of aromatic nitrogens is 2. The van der Waals surface area contributed by atoms with Crippen molar-refractivity contribution in [2.24, 2.45) is 0 Å². The zero-order valence-corrected chi connectivity index (χ0v) is 10.8. The van der Waals surface area contributed by atoms with Crippen LogP contribution in [0.3, 0.4) is 0 Å². The van der Waals surface area contributed by atoms with E-state index in [2.05, 4.69) is 63.4 Å². The van der Waals surface area contributed by atoms with Crippen molar-refractivity contribution in [1.29, 1.82) is 0 Å². The van der Waals surface area contributed by atoms with Crippen molar-refractivity contribution in [2.75, 3.05) is 0 Å². The van der Waals surface area contributed by atoms with Crippen LogP contribution in [0.25, 0.3) is 5.52 Å². The van der Waals surface area contributed by atoms with Crippen molar-refractivity contribution < 1.29 is 0 Å². The average Bonchev–Trinajstić information content (AvgIpc) is 2.56. The normalized spacial score (nSPS) is 12.6. The summed E-state index contributed by atoms with van der Waals surface area (Å²) in [5, 5.41) is 0. The van der Waals surface area contributed by atoms with Gasteiger partial charge in [-0.25, -0.2) is 4.98 Å². The first-order valence-electron chi connectivity index (χ1n) is 5.88. The molecule has 0 fully saturated rings. The summed E-state index contributed by atoms with van der Waals surface area (Å²) in [6.45, 7) is 11.0. The fourth-order valence-electron chi connectivity index (χ4n) is 2.02. The molecule has 86 valence electrons. The lowest BCUT2D eigenvalue weighted by molar-refractivity contribution is 0.540. The molecule has 0 unspecified atom stereocenters. The lowest BCUT2D eigenvalue weighted by Gasteiger charge is -2.16. The van der Waals surface area contributed by atoms with E-state index < -0.39 is 0 Å². The van der Waals surface area contributed by atoms with Gasteiger partial charge in [-0.15, -0.1) is 0 Å². The Morgan fingerprint density at radius 1 is 1.19 bits per heavy atom. The van der Waals surface area contributed by atoms with E-state index >= 15 is 0 Å². The molecule has 0 bridgehead atoms. The highest BCUT2D eigenvalue weighted by atomic mass is 15.0. The van der Waals surface area contributed by atoms with Crippen molar-refractivity contribution in [3.05, 3.63) is 35.9 Å². The third-order valence-electron chi connectivity index (χ3n) is 2.79. The second-order valence-electron chi connectivity index (χ2n) is 5.68. The van der Waals surface area contributed by atoms with E-state index in [1.807, 2.05) is 0 Å². The highest BCUT2D eigenvalue weighted by molar-refractivity contribution is 5.55. The summed E-state index contributed by atoms with van der Waals surface area (Å²) >= 11 is 0. The number of hydrogen-bond acceptors (Lipinski definition) is 1. The number of fused-ring (bicyclic) bond motifs is 1. The fraction of sp³-hybridized carbons (Fsp3) is 0.500. The highest BCUT2D eigenvalue weighted by Crippen LogP contribution is 2.27. The lowest BCUT2D eigenvalue weighted by atomic mass is 9.96. The minimum atomic E-state index is 0.0808. The third-order valence-corrected chi connectivity index (χ3v) is 2.79. The molecule has 2 aromatic rings. The topological polar surface area (TPSA) is 17.3 Å². The van der Waals surface area contributed by atoms with Crippen LogP contribution >= 0.6 is 0 Å². The SMILES string of the molecule is CC(C)c1nc(C(C)(C)C)n2ccccc12. The molecule has 0 aliphatic heterocycles. The number of pyridine rings is 1. The maximum atomic E-state index is 4.82. The molecule has 0 aliphatic rings. The van der Waals surface area contributed by atoms with Gasteiger partial charge in [-0.3, -0.25) is 0 Å². The van der Waals surface area contributed by atoms with Gasteiger partial charge in [-0.1, -0.05) is 40.7 Å². The van der Waals surface area contributed by atoms with E-state index in [9.17, 15) is 0 Å². The Morgan fingerprint density at radius 2 is 1.88 bits per heavy atom. The van der Waals surface area contributed by atoms with Gasteiger partial charge in [0.25, 0.3) is 0 Å². The first-order chi connectivity index (χ1) is 7.41. The number of rotatable bonds is 1. The minimum Gasteiger partial charge on any atom is -0.303 e. The standard InChI is InChI=1S/C14H20N2/c1-10(2)12-11-8-6-7-9-16(11)13(15-12)14(3,4)5/h6-10H,1-5H3. The van der Waals surface area contributed by atoms with Crippen LogP contribution in [0.1, 0.15) is 52.1 Å². The summed E-state index contributed by atoms with van der Waals surface area (Å²) in [6, 6.07) is 6.29. The molecule has 0 aromatic carbocycles. The molecule has 2 aromatic heterocycles. The van der Waals surface area contributed by atoms with Gasteiger partial charge in [0.15, 0.2) is 0 Å². The maximum Gasteiger partial charge on any atom is 0.118 e. The van der Waals surface area contributed by atoms with Crippen LogP contribution in [0, 0.1) is 0 Å². The Balaban J connectivity index is 2.77. The smallest absolute Gasteiger partial charge is 0.118 e. The molecule has 0 aliphatic carbocycles. The van der Waals surface area contributed by atoms with Crippen molar-refractivity contribution in [2.45, 2.75) is 46.0 Å². The Kier molecular flexibility index (Phi) is 2.53. The average molecular weight is 216 g/mol. The molecule has 0 saturated carbocycles. The van der Waals surface area contributed by atoms with Crippen molar-refractivity contribution in [3.63, 3.8) is 0 Å². The lowest BCUT2D eigenvalue weighted by Crippen LogP contribution is -2.15. The molecule has 0 atom stereocenters. The summed E-state index contributed by atoms with van der Waals surface area (Å²) in [5.74, 6) is 1.61. The Labute approximate surface area is 97.3 Å². The van der Waals surface area contributed by atoms with E-state index in [0.717, 1.165) is 5.82 Å². The number of nitrogens with zero attached hydrogens (tertiary/aromatic N) is 2. The molecule has 0 N–H and O–H groups in total. The van der Waals surface area contributed by atoms with Gasteiger partial charge in [0.05, 0.1) is 11.2 Å². The van der Waals surface area contributed by atoms with Gasteiger partial charge in [-0.2, -0.15) is 0 Å². The van der Waals surface area contributed by atoms with Crippen LogP contribution in [0.5, 0.6) is 0 Å². The van der Waals surface area contributed by atoms with E-state index in [-0.39, 0.29) is 5.41 Å². The molecule has 2 rings (SSSR count). The molecular formula is C14H20N2. The summed E-state index contributed by atoms with van der Waals surface area (Å²) in [7, 11) is 0. The monoisotopic (exact) mass is 216 g/mol. The molecule has 16 heavy (non-hydrogen) atoms. The second-order valence-corrected chi connectivity index (χ2v) is 5.68. The van der Waals surface area contributed by atoms with Crippen molar-refractivity contribution in [1.82, 2.24) is 9.38 Å². The Morgan fingerprint density at radius 3 is 2.44 bits per heavy atom. The minimum absolute atomic E-state index is 0.0808. The van der Waals surface area contributed by atoms with Crippen LogP contribution in [0.4, 0.5) is 0 Å². The Bertz CT molecular complexity index is 501. The first-order valence-corrected chi connectivity index (χ1v) is 5.88. The molecule has 0 radical (unpaired) electrons. The van der Waals surface area contributed by atoms with Crippen LogP contribution in [-0.2, 0) is 5.41 Å². The summed E-state index contributed by atoms with van der Waals surface area (Å²) < 4.78 is 2.22. The highest BCUT2D eigenvalue weighted by Gasteiger charge is 2.22. The van der Waals surface area contributed by atoms with E-state index in [1.165, 1.54) is 11.2 Å². The molecule has 0 saturated heterocycles. The summed E-state index contributed by atoms with van der Waals surface area (Å²) in [5.41, 5.74) is 2.52. The van der Waals surface area contributed by atoms with Crippen LogP contribution in [0.15, 0.2) is 24.4 Å². The summed E-state index contributed by atoms with van der Waals surface area (Å²) in [6.07, 6.45) is 2.11. The van der Waals surface area contributed by atoms with E-state index in [4.69, 9.17) is 4.98 Å².